The van der Waals surface area contributed by atoms with Crippen LogP contribution in [0.25, 0.3) is 0 Å². The standard InChI is InChI=1S/C14H16N4O3/c19-13(20)12(11-4-2-1-3-5-11)17-14(21)16-7-9-18-8-6-15-10-18/h1-6,8,10,12H,7,9H2,(H,19,20)(H2,16,17,21)/t12-/m0/s1. The molecule has 3 N–H and O–H groups in total. The summed E-state index contributed by atoms with van der Waals surface area (Å²) in [4.78, 5) is 26.9. The molecule has 1 atom stereocenters. The van der Waals surface area contributed by atoms with E-state index in [0.717, 1.165) is 0 Å². The zero-order valence-corrected chi connectivity index (χ0v) is 11.3. The van der Waals surface area contributed by atoms with Crippen LogP contribution in [0.2, 0.25) is 0 Å². The lowest BCUT2D eigenvalue weighted by Gasteiger charge is -2.15. The molecule has 1 aromatic carbocycles. The van der Waals surface area contributed by atoms with E-state index in [2.05, 4.69) is 15.6 Å². The van der Waals surface area contributed by atoms with Crippen molar-refractivity contribution in [3.63, 3.8) is 0 Å². The fraction of sp³-hybridized carbons (Fsp3) is 0.214. The molecule has 2 aromatic rings. The highest BCUT2D eigenvalue weighted by atomic mass is 16.4. The molecule has 110 valence electrons. The molecule has 0 aliphatic rings. The Labute approximate surface area is 121 Å². The minimum absolute atomic E-state index is 0.378. The Morgan fingerprint density at radius 3 is 2.67 bits per heavy atom. The molecule has 0 aliphatic carbocycles. The number of nitrogens with zero attached hydrogens (tertiary/aromatic N) is 2. The number of carboxylic acids is 1. The fourth-order valence-corrected chi connectivity index (χ4v) is 1.83. The summed E-state index contributed by atoms with van der Waals surface area (Å²) in [5.74, 6) is -1.11. The van der Waals surface area contributed by atoms with Crippen LogP contribution in [0.1, 0.15) is 11.6 Å². The summed E-state index contributed by atoms with van der Waals surface area (Å²) in [6, 6.07) is 6.96. The van der Waals surface area contributed by atoms with E-state index in [1.54, 1.807) is 49.1 Å². The first-order chi connectivity index (χ1) is 10.2. The van der Waals surface area contributed by atoms with Gasteiger partial charge in [0.15, 0.2) is 6.04 Å². The smallest absolute Gasteiger partial charge is 0.330 e. The molecule has 0 bridgehead atoms. The molecule has 0 unspecified atom stereocenters. The van der Waals surface area contributed by atoms with Crippen molar-refractivity contribution in [3.8, 4) is 0 Å². The number of urea groups is 1. The third-order valence-corrected chi connectivity index (χ3v) is 2.87. The highest BCUT2D eigenvalue weighted by Gasteiger charge is 2.21. The number of hydrogen-bond donors (Lipinski definition) is 3. The number of carbonyl (C=O) groups is 2. The summed E-state index contributed by atoms with van der Waals surface area (Å²) in [5, 5.41) is 14.2. The number of rotatable bonds is 6. The number of amides is 2. The van der Waals surface area contributed by atoms with Crippen LogP contribution in [0.5, 0.6) is 0 Å². The van der Waals surface area contributed by atoms with Crippen molar-refractivity contribution in [2.24, 2.45) is 0 Å². The number of aliphatic carboxylic acids is 1. The van der Waals surface area contributed by atoms with Gasteiger partial charge in [-0.25, -0.2) is 14.6 Å². The van der Waals surface area contributed by atoms with Crippen LogP contribution >= 0.6 is 0 Å². The summed E-state index contributed by atoms with van der Waals surface area (Å²) >= 11 is 0. The third kappa shape index (κ3) is 4.34. The minimum atomic E-state index is -1.11. The third-order valence-electron chi connectivity index (χ3n) is 2.87. The van der Waals surface area contributed by atoms with Crippen molar-refractivity contribution >= 4 is 12.0 Å². The van der Waals surface area contributed by atoms with E-state index in [0.29, 0.717) is 18.7 Å². The van der Waals surface area contributed by atoms with Crippen molar-refractivity contribution in [2.45, 2.75) is 12.6 Å². The number of benzene rings is 1. The zero-order chi connectivity index (χ0) is 15.1. The minimum Gasteiger partial charge on any atom is -0.479 e. The molecule has 7 nitrogen and oxygen atoms in total. The van der Waals surface area contributed by atoms with Crippen LogP contribution in [0, 0.1) is 0 Å². The maximum absolute atomic E-state index is 11.7. The molecule has 0 aliphatic heterocycles. The van der Waals surface area contributed by atoms with E-state index in [9.17, 15) is 14.7 Å². The Kier molecular flexibility index (Phi) is 4.92. The molecule has 1 aromatic heterocycles. The number of carboxylic acid groups (broad SMARTS) is 1. The number of imidazole rings is 1. The van der Waals surface area contributed by atoms with Gasteiger partial charge in [0.2, 0.25) is 0 Å². The van der Waals surface area contributed by atoms with Crippen LogP contribution in [0.15, 0.2) is 49.1 Å². The van der Waals surface area contributed by atoms with Crippen LogP contribution in [-0.2, 0) is 11.3 Å². The van der Waals surface area contributed by atoms with Gasteiger partial charge in [-0.3, -0.25) is 0 Å². The number of nitrogens with one attached hydrogen (secondary N) is 2. The molecular formula is C14H16N4O3. The Morgan fingerprint density at radius 2 is 2.05 bits per heavy atom. The van der Waals surface area contributed by atoms with Crippen molar-refractivity contribution in [1.29, 1.82) is 0 Å². The van der Waals surface area contributed by atoms with Gasteiger partial charge in [-0.1, -0.05) is 30.3 Å². The van der Waals surface area contributed by atoms with Crippen LogP contribution in [0.4, 0.5) is 4.79 Å². The van der Waals surface area contributed by atoms with Crippen LogP contribution in [-0.4, -0.2) is 33.2 Å². The second kappa shape index (κ2) is 7.09. The fourth-order valence-electron chi connectivity index (χ4n) is 1.83. The summed E-state index contributed by atoms with van der Waals surface area (Å²) in [5.41, 5.74) is 0.523. The van der Waals surface area contributed by atoms with Crippen LogP contribution < -0.4 is 10.6 Å². The van der Waals surface area contributed by atoms with Crippen molar-refractivity contribution < 1.29 is 14.7 Å². The second-order valence-corrected chi connectivity index (χ2v) is 4.38. The predicted octanol–water partition coefficient (Wildman–Crippen LogP) is 1.01. The first kappa shape index (κ1) is 14.6. The molecule has 0 fully saturated rings. The average molecular weight is 288 g/mol. The molecule has 0 saturated heterocycles. The molecule has 2 rings (SSSR count). The van der Waals surface area contributed by atoms with Gasteiger partial charge >= 0.3 is 12.0 Å². The van der Waals surface area contributed by atoms with Gasteiger partial charge < -0.3 is 20.3 Å². The van der Waals surface area contributed by atoms with Crippen LogP contribution in [0.3, 0.4) is 0 Å². The monoisotopic (exact) mass is 288 g/mol. The molecule has 2 amide bonds. The van der Waals surface area contributed by atoms with E-state index >= 15 is 0 Å². The molecule has 21 heavy (non-hydrogen) atoms. The van der Waals surface area contributed by atoms with Gasteiger partial charge in [0.25, 0.3) is 0 Å². The SMILES string of the molecule is O=C(NCCn1ccnc1)N[C@H](C(=O)O)c1ccccc1. The van der Waals surface area contributed by atoms with E-state index in [-0.39, 0.29) is 0 Å². The lowest BCUT2D eigenvalue weighted by molar-refractivity contribution is -0.139. The Balaban J connectivity index is 1.85. The summed E-state index contributed by atoms with van der Waals surface area (Å²) in [6.07, 6.45) is 5.07. The Hall–Kier alpha value is -2.83. The highest BCUT2D eigenvalue weighted by Crippen LogP contribution is 2.12. The number of carbonyl (C=O) groups excluding carboxylic acids is 1. The lowest BCUT2D eigenvalue weighted by Crippen LogP contribution is -2.41. The van der Waals surface area contributed by atoms with Crippen molar-refractivity contribution in [3.05, 3.63) is 54.6 Å². The van der Waals surface area contributed by atoms with Gasteiger partial charge in [0, 0.05) is 25.5 Å². The van der Waals surface area contributed by atoms with Gasteiger partial charge in [-0.2, -0.15) is 0 Å². The molecule has 0 radical (unpaired) electrons. The van der Waals surface area contributed by atoms with E-state index in [4.69, 9.17) is 0 Å². The van der Waals surface area contributed by atoms with E-state index in [1.165, 1.54) is 0 Å². The quantitative estimate of drug-likeness (QED) is 0.739. The Morgan fingerprint density at radius 1 is 1.29 bits per heavy atom. The molecule has 1 heterocycles. The summed E-state index contributed by atoms with van der Waals surface area (Å²) in [6.45, 7) is 0.944. The number of hydrogen-bond acceptors (Lipinski definition) is 3. The first-order valence-corrected chi connectivity index (χ1v) is 6.44. The van der Waals surface area contributed by atoms with E-state index < -0.39 is 18.0 Å². The maximum atomic E-state index is 11.7. The van der Waals surface area contributed by atoms with Crippen molar-refractivity contribution in [2.75, 3.05) is 6.54 Å². The average Bonchev–Trinajstić information content (AvgIpc) is 2.98. The van der Waals surface area contributed by atoms with Crippen molar-refractivity contribution in [1.82, 2.24) is 20.2 Å². The summed E-state index contributed by atoms with van der Waals surface area (Å²) in [7, 11) is 0. The highest BCUT2D eigenvalue weighted by molar-refractivity contribution is 5.83. The number of aromatic nitrogens is 2. The largest absolute Gasteiger partial charge is 0.479 e. The van der Waals surface area contributed by atoms with Gasteiger partial charge in [0.1, 0.15) is 0 Å². The second-order valence-electron chi connectivity index (χ2n) is 4.38. The Bertz CT molecular complexity index is 584. The predicted molar refractivity (Wildman–Crippen MR) is 75.6 cm³/mol. The van der Waals surface area contributed by atoms with E-state index in [1.807, 2.05) is 4.57 Å². The van der Waals surface area contributed by atoms with Gasteiger partial charge in [-0.05, 0) is 5.56 Å². The summed E-state index contributed by atoms with van der Waals surface area (Å²) < 4.78 is 1.81. The maximum Gasteiger partial charge on any atom is 0.330 e. The normalized spacial score (nSPS) is 11.6. The molecular weight excluding hydrogens is 272 g/mol. The van der Waals surface area contributed by atoms with Gasteiger partial charge in [0.05, 0.1) is 6.33 Å². The lowest BCUT2D eigenvalue weighted by atomic mass is 10.1. The topological polar surface area (TPSA) is 96.3 Å². The zero-order valence-electron chi connectivity index (χ0n) is 11.3. The molecule has 7 heteroatoms. The molecule has 0 spiro atoms. The molecule has 0 saturated carbocycles. The van der Waals surface area contributed by atoms with Gasteiger partial charge in [-0.15, -0.1) is 0 Å². The first-order valence-electron chi connectivity index (χ1n) is 6.44.